The SMILES string of the molecule is CN(C)c1cccc2c(S(=O)(=O)NCCn3nnc(CN4C(=O)C=CC4=O)c3[125I])cccc12. The summed E-state index contributed by atoms with van der Waals surface area (Å²) >= 11 is 2.02. The highest BCUT2D eigenvalue weighted by atomic mass is 125. The zero-order chi connectivity index (χ0) is 23.8. The number of carbonyl (C=O) groups is 2. The first kappa shape index (κ1) is 23.3. The van der Waals surface area contributed by atoms with Gasteiger partial charge in [0.25, 0.3) is 11.8 Å². The number of carbonyl (C=O) groups excluding carboxylic acids is 2. The normalized spacial score (nSPS) is 14.0. The molecule has 2 aromatic carbocycles. The van der Waals surface area contributed by atoms with Crippen molar-refractivity contribution >= 4 is 60.9 Å². The van der Waals surface area contributed by atoms with Gasteiger partial charge in [0.15, 0.2) is 0 Å². The number of aromatic nitrogens is 3. The van der Waals surface area contributed by atoms with Crippen LogP contribution in [-0.4, -0.2) is 60.8 Å². The number of anilines is 1. The van der Waals surface area contributed by atoms with E-state index in [-0.39, 0.29) is 24.5 Å². The molecule has 1 aliphatic heterocycles. The van der Waals surface area contributed by atoms with Crippen LogP contribution in [0.4, 0.5) is 5.69 Å². The van der Waals surface area contributed by atoms with E-state index in [9.17, 15) is 18.0 Å². The van der Waals surface area contributed by atoms with Gasteiger partial charge in [-0.25, -0.2) is 17.8 Å². The second-order valence-electron chi connectivity index (χ2n) is 7.57. The number of fused-ring (bicyclic) bond motifs is 1. The fourth-order valence-corrected chi connectivity index (χ4v) is 5.42. The van der Waals surface area contributed by atoms with Gasteiger partial charge in [0.05, 0.1) is 18.0 Å². The average Bonchev–Trinajstić information content (AvgIpc) is 3.29. The third-order valence-electron chi connectivity index (χ3n) is 5.19. The van der Waals surface area contributed by atoms with Gasteiger partial charge in [0.2, 0.25) is 10.0 Å². The Kier molecular flexibility index (Phi) is 6.50. The number of hydrogen-bond donors (Lipinski definition) is 1. The van der Waals surface area contributed by atoms with Gasteiger partial charge in [-0.15, -0.1) is 5.10 Å². The number of benzene rings is 2. The average molecular weight is 578 g/mol. The van der Waals surface area contributed by atoms with E-state index in [0.717, 1.165) is 16.0 Å². The Bertz CT molecular complexity index is 1360. The maximum atomic E-state index is 13.0. The van der Waals surface area contributed by atoms with Crippen LogP contribution in [0, 0.1) is 3.70 Å². The highest BCUT2D eigenvalue weighted by molar-refractivity contribution is 14.1. The molecule has 12 heteroatoms. The summed E-state index contributed by atoms with van der Waals surface area (Å²) < 4.78 is 30.9. The quantitative estimate of drug-likeness (QED) is 0.318. The van der Waals surface area contributed by atoms with E-state index in [1.165, 1.54) is 16.8 Å². The molecular weight excluding hydrogens is 557 g/mol. The molecule has 0 fully saturated rings. The molecule has 0 saturated carbocycles. The van der Waals surface area contributed by atoms with Gasteiger partial charge in [-0.05, 0) is 34.7 Å². The first-order valence-electron chi connectivity index (χ1n) is 9.99. The lowest BCUT2D eigenvalue weighted by Gasteiger charge is -2.17. The predicted octanol–water partition coefficient (Wildman–Crippen LogP) is 1.51. The first-order valence-corrected chi connectivity index (χ1v) is 12.6. The number of halogens is 1. The zero-order valence-corrected chi connectivity index (χ0v) is 20.9. The van der Waals surface area contributed by atoms with E-state index >= 15 is 0 Å². The maximum absolute atomic E-state index is 13.0. The van der Waals surface area contributed by atoms with Crippen molar-refractivity contribution in [3.8, 4) is 0 Å². The largest absolute Gasteiger partial charge is 0.377 e. The third kappa shape index (κ3) is 4.63. The Morgan fingerprint density at radius 1 is 1.03 bits per heavy atom. The molecule has 0 atom stereocenters. The molecule has 2 heterocycles. The van der Waals surface area contributed by atoms with Crippen LogP contribution in [0.3, 0.4) is 0 Å². The van der Waals surface area contributed by atoms with Crippen LogP contribution in [0.1, 0.15) is 5.69 Å². The standard InChI is InChI=1S/C21H21IN6O4S/c1-26(2)17-7-3-6-15-14(17)5-4-8-18(15)33(31,32)23-11-12-28-21(22)16(24-25-28)13-27-19(29)9-10-20(27)30/h3-10,23H,11-13H2,1-2H3/i22-2. The van der Waals surface area contributed by atoms with E-state index in [1.54, 1.807) is 18.2 Å². The fourth-order valence-electron chi connectivity index (χ4n) is 3.57. The number of amides is 2. The van der Waals surface area contributed by atoms with Crippen LogP contribution < -0.4 is 9.62 Å². The number of sulfonamides is 1. The Balaban J connectivity index is 1.47. The molecule has 2 amide bonds. The summed E-state index contributed by atoms with van der Waals surface area (Å²) in [6, 6.07) is 10.8. The van der Waals surface area contributed by atoms with Crippen molar-refractivity contribution in [2.24, 2.45) is 0 Å². The van der Waals surface area contributed by atoms with Gasteiger partial charge < -0.3 is 4.90 Å². The fraction of sp³-hybridized carbons (Fsp3) is 0.238. The number of hydrogen-bond acceptors (Lipinski definition) is 7. The minimum atomic E-state index is -3.78. The van der Waals surface area contributed by atoms with E-state index in [1.807, 2.05) is 59.8 Å². The van der Waals surface area contributed by atoms with Gasteiger partial charge in [-0.3, -0.25) is 14.5 Å². The Morgan fingerprint density at radius 3 is 2.39 bits per heavy atom. The van der Waals surface area contributed by atoms with Crippen molar-refractivity contribution in [3.05, 3.63) is 57.9 Å². The van der Waals surface area contributed by atoms with Crippen molar-refractivity contribution < 1.29 is 18.0 Å². The van der Waals surface area contributed by atoms with Gasteiger partial charge in [-0.2, -0.15) is 0 Å². The van der Waals surface area contributed by atoms with Crippen molar-refractivity contribution in [2.75, 3.05) is 25.5 Å². The van der Waals surface area contributed by atoms with Crippen LogP contribution in [0.5, 0.6) is 0 Å². The van der Waals surface area contributed by atoms with Crippen molar-refractivity contribution in [1.82, 2.24) is 24.6 Å². The lowest BCUT2D eigenvalue weighted by atomic mass is 10.1. The number of nitrogens with zero attached hydrogens (tertiary/aromatic N) is 5. The minimum absolute atomic E-state index is 0.0128. The minimum Gasteiger partial charge on any atom is -0.377 e. The van der Waals surface area contributed by atoms with E-state index < -0.39 is 21.8 Å². The van der Waals surface area contributed by atoms with Crippen LogP contribution in [0.25, 0.3) is 10.8 Å². The Morgan fingerprint density at radius 2 is 1.70 bits per heavy atom. The molecule has 1 N–H and O–H groups in total. The second kappa shape index (κ2) is 9.19. The molecule has 0 radical (unpaired) electrons. The monoisotopic (exact) mass is 578 g/mol. The summed E-state index contributed by atoms with van der Waals surface area (Å²) in [6.07, 6.45) is 2.42. The number of imide groups is 1. The molecule has 0 saturated heterocycles. The third-order valence-corrected chi connectivity index (χ3v) is 7.89. The summed E-state index contributed by atoms with van der Waals surface area (Å²) in [5, 5.41) is 9.56. The molecule has 4 rings (SSSR count). The molecule has 1 aromatic heterocycles. The van der Waals surface area contributed by atoms with Crippen LogP contribution in [0.2, 0.25) is 0 Å². The highest BCUT2D eigenvalue weighted by Crippen LogP contribution is 2.30. The maximum Gasteiger partial charge on any atom is 0.253 e. The smallest absolute Gasteiger partial charge is 0.253 e. The van der Waals surface area contributed by atoms with E-state index in [2.05, 4.69) is 15.0 Å². The summed E-state index contributed by atoms with van der Waals surface area (Å²) in [4.78, 5) is 26.7. The van der Waals surface area contributed by atoms with Crippen LogP contribution in [-0.2, 0) is 32.7 Å². The summed E-state index contributed by atoms with van der Waals surface area (Å²) in [6.45, 7) is 0.339. The second-order valence-corrected chi connectivity index (χ2v) is 10.3. The lowest BCUT2D eigenvalue weighted by molar-refractivity contribution is -0.137. The van der Waals surface area contributed by atoms with E-state index in [0.29, 0.717) is 14.8 Å². The molecule has 0 unspecified atom stereocenters. The molecule has 0 spiro atoms. The summed E-state index contributed by atoms with van der Waals surface area (Å²) in [5.74, 6) is -0.795. The predicted molar refractivity (Wildman–Crippen MR) is 131 cm³/mol. The van der Waals surface area contributed by atoms with Crippen molar-refractivity contribution in [1.29, 1.82) is 0 Å². The van der Waals surface area contributed by atoms with Gasteiger partial charge in [0, 0.05) is 49.3 Å². The highest BCUT2D eigenvalue weighted by Gasteiger charge is 2.26. The molecular formula is C21H21IN6O4S. The number of rotatable bonds is 8. The molecule has 172 valence electrons. The van der Waals surface area contributed by atoms with E-state index in [4.69, 9.17) is 0 Å². The Labute approximate surface area is 204 Å². The van der Waals surface area contributed by atoms with Crippen molar-refractivity contribution in [3.63, 3.8) is 0 Å². The molecule has 1 aliphatic rings. The molecule has 10 nitrogen and oxygen atoms in total. The van der Waals surface area contributed by atoms with Crippen LogP contribution >= 0.6 is 22.6 Å². The Hall–Kier alpha value is -2.84. The number of nitrogens with one attached hydrogen (secondary N) is 1. The first-order chi connectivity index (χ1) is 15.7. The van der Waals surface area contributed by atoms with Crippen molar-refractivity contribution in [2.45, 2.75) is 18.0 Å². The van der Waals surface area contributed by atoms with Gasteiger partial charge >= 0.3 is 0 Å². The molecule has 33 heavy (non-hydrogen) atoms. The van der Waals surface area contributed by atoms with Crippen LogP contribution in [0.15, 0.2) is 53.4 Å². The molecule has 0 bridgehead atoms. The van der Waals surface area contributed by atoms with Gasteiger partial charge in [0.1, 0.15) is 9.39 Å². The molecule has 3 aromatic rings. The zero-order valence-electron chi connectivity index (χ0n) is 17.9. The van der Waals surface area contributed by atoms with Gasteiger partial charge in [-0.1, -0.05) is 29.5 Å². The summed E-state index contributed by atoms with van der Waals surface area (Å²) in [5.41, 5.74) is 1.40. The topological polar surface area (TPSA) is 118 Å². The summed E-state index contributed by atoms with van der Waals surface area (Å²) in [7, 11) is 0.0449. The lowest BCUT2D eigenvalue weighted by Crippen LogP contribution is -2.30. The molecule has 0 aliphatic carbocycles.